The van der Waals surface area contributed by atoms with E-state index in [0.717, 1.165) is 0 Å². The Bertz CT molecular complexity index is 422. The van der Waals surface area contributed by atoms with E-state index in [1.165, 1.54) is 7.11 Å². The summed E-state index contributed by atoms with van der Waals surface area (Å²) in [5, 5.41) is 9.85. The molecule has 3 N–H and O–H groups in total. The van der Waals surface area contributed by atoms with E-state index >= 15 is 0 Å². The summed E-state index contributed by atoms with van der Waals surface area (Å²) in [5.41, 5.74) is 4.94. The summed E-state index contributed by atoms with van der Waals surface area (Å²) in [6, 6.07) is 4.94. The van der Waals surface area contributed by atoms with Gasteiger partial charge >= 0.3 is 5.97 Å². The van der Waals surface area contributed by atoms with Crippen LogP contribution in [0.15, 0.2) is 18.2 Å². The Balaban J connectivity index is 3.36. The number of nitrogens with two attached hydrogens (primary N) is 1. The highest BCUT2D eigenvalue weighted by molar-refractivity contribution is 6.30. The summed E-state index contributed by atoms with van der Waals surface area (Å²) in [4.78, 5) is 11.4. The Kier molecular flexibility index (Phi) is 4.37. The van der Waals surface area contributed by atoms with E-state index in [1.54, 1.807) is 25.1 Å². The number of rotatable bonds is 5. The fraction of sp³-hybridized carbons (Fsp3) is 0.417. The van der Waals surface area contributed by atoms with Crippen LogP contribution in [0.25, 0.3) is 0 Å². The van der Waals surface area contributed by atoms with Crippen LogP contribution >= 0.6 is 11.6 Å². The van der Waals surface area contributed by atoms with Crippen molar-refractivity contribution in [2.45, 2.75) is 18.8 Å². The number of halogens is 1. The molecule has 5 heteroatoms. The molecule has 1 aromatic carbocycles. The second-order valence-electron chi connectivity index (χ2n) is 4.02. The zero-order valence-corrected chi connectivity index (χ0v) is 10.6. The second-order valence-corrected chi connectivity index (χ2v) is 4.46. The van der Waals surface area contributed by atoms with E-state index in [2.05, 4.69) is 0 Å². The van der Waals surface area contributed by atoms with Crippen molar-refractivity contribution in [3.63, 3.8) is 0 Å². The molecule has 0 radical (unpaired) electrons. The molecular weight excluding hydrogens is 242 g/mol. The molecule has 0 saturated heterocycles. The molecule has 4 nitrogen and oxygen atoms in total. The summed E-state index contributed by atoms with van der Waals surface area (Å²) in [7, 11) is 1.50. The normalized spacial score (nSPS) is 14.1. The van der Waals surface area contributed by atoms with E-state index in [0.29, 0.717) is 22.8 Å². The molecule has 0 aromatic heterocycles. The Hall–Kier alpha value is -1.26. The van der Waals surface area contributed by atoms with Crippen LogP contribution in [-0.2, 0) is 10.2 Å². The molecule has 0 aliphatic heterocycles. The summed E-state index contributed by atoms with van der Waals surface area (Å²) in [6.45, 7) is 1.90. The number of hydrogen-bond acceptors (Lipinski definition) is 3. The molecule has 0 amide bonds. The minimum Gasteiger partial charge on any atom is -0.496 e. The lowest BCUT2D eigenvalue weighted by molar-refractivity contribution is -0.143. The van der Waals surface area contributed by atoms with E-state index in [1.807, 2.05) is 0 Å². The lowest BCUT2D eigenvalue weighted by atomic mass is 9.79. The molecule has 0 saturated carbocycles. The molecule has 0 aliphatic carbocycles. The fourth-order valence-electron chi connectivity index (χ4n) is 1.76. The van der Waals surface area contributed by atoms with Gasteiger partial charge in [-0.1, -0.05) is 11.6 Å². The molecule has 1 aromatic rings. The van der Waals surface area contributed by atoms with Crippen molar-refractivity contribution in [1.82, 2.24) is 0 Å². The molecule has 1 rings (SSSR count). The first-order valence-electron chi connectivity index (χ1n) is 5.23. The van der Waals surface area contributed by atoms with Gasteiger partial charge in [-0.2, -0.15) is 0 Å². The molecule has 17 heavy (non-hydrogen) atoms. The summed E-state index contributed by atoms with van der Waals surface area (Å²) in [6.07, 6.45) is 0.318. The van der Waals surface area contributed by atoms with Gasteiger partial charge in [-0.05, 0) is 38.1 Å². The van der Waals surface area contributed by atoms with Crippen LogP contribution in [0.3, 0.4) is 0 Å². The lowest BCUT2D eigenvalue weighted by Gasteiger charge is -2.26. The van der Waals surface area contributed by atoms with Gasteiger partial charge in [-0.15, -0.1) is 0 Å². The topological polar surface area (TPSA) is 72.5 Å². The predicted molar refractivity (Wildman–Crippen MR) is 66.7 cm³/mol. The first-order chi connectivity index (χ1) is 7.95. The predicted octanol–water partition coefficient (Wildman–Crippen LogP) is 2.04. The first-order valence-corrected chi connectivity index (χ1v) is 5.61. The van der Waals surface area contributed by atoms with Gasteiger partial charge in [0, 0.05) is 10.6 Å². The molecule has 0 fully saturated rings. The van der Waals surface area contributed by atoms with E-state index in [-0.39, 0.29) is 6.54 Å². The van der Waals surface area contributed by atoms with Crippen molar-refractivity contribution >= 4 is 17.6 Å². The zero-order chi connectivity index (χ0) is 13.1. The average Bonchev–Trinajstić information content (AvgIpc) is 2.29. The number of benzene rings is 1. The maximum absolute atomic E-state index is 11.4. The van der Waals surface area contributed by atoms with E-state index in [4.69, 9.17) is 22.1 Å². The van der Waals surface area contributed by atoms with E-state index < -0.39 is 11.4 Å². The first kappa shape index (κ1) is 13.8. The van der Waals surface area contributed by atoms with Crippen LogP contribution in [0.5, 0.6) is 5.75 Å². The zero-order valence-electron chi connectivity index (χ0n) is 9.87. The van der Waals surface area contributed by atoms with Gasteiger partial charge < -0.3 is 15.6 Å². The van der Waals surface area contributed by atoms with Crippen molar-refractivity contribution in [3.8, 4) is 5.75 Å². The second kappa shape index (κ2) is 5.38. The van der Waals surface area contributed by atoms with Gasteiger partial charge in [0.25, 0.3) is 0 Å². The molecule has 0 heterocycles. The minimum absolute atomic E-state index is 0.276. The van der Waals surface area contributed by atoms with Crippen molar-refractivity contribution in [2.24, 2.45) is 5.73 Å². The fourth-order valence-corrected chi connectivity index (χ4v) is 1.93. The van der Waals surface area contributed by atoms with Gasteiger partial charge in [-0.3, -0.25) is 4.79 Å². The summed E-state index contributed by atoms with van der Waals surface area (Å²) in [5.74, 6) is -0.434. The Morgan fingerprint density at radius 3 is 2.71 bits per heavy atom. The number of carbonyl (C=O) groups is 1. The van der Waals surface area contributed by atoms with Crippen LogP contribution in [0.2, 0.25) is 5.02 Å². The Morgan fingerprint density at radius 1 is 1.59 bits per heavy atom. The monoisotopic (exact) mass is 257 g/mol. The summed E-state index contributed by atoms with van der Waals surface area (Å²) < 4.78 is 5.18. The molecule has 0 spiro atoms. The number of methoxy groups -OCH3 is 1. The quantitative estimate of drug-likeness (QED) is 0.847. The third-order valence-corrected chi connectivity index (χ3v) is 3.11. The molecule has 1 atom stereocenters. The van der Waals surface area contributed by atoms with E-state index in [9.17, 15) is 9.90 Å². The van der Waals surface area contributed by atoms with Crippen molar-refractivity contribution in [3.05, 3.63) is 28.8 Å². The third kappa shape index (κ3) is 2.70. The summed E-state index contributed by atoms with van der Waals surface area (Å²) >= 11 is 5.90. The average molecular weight is 258 g/mol. The molecular formula is C12H16ClNO3. The Morgan fingerprint density at radius 2 is 2.24 bits per heavy atom. The van der Waals surface area contributed by atoms with Crippen molar-refractivity contribution in [1.29, 1.82) is 0 Å². The number of carboxylic acid groups (broad SMARTS) is 1. The largest absolute Gasteiger partial charge is 0.496 e. The standard InChI is InChI=1S/C12H16ClNO3/c1-12(5-6-14,11(15)16)9-7-8(13)3-4-10(9)17-2/h3-4,7H,5-6,14H2,1-2H3,(H,15,16). The third-order valence-electron chi connectivity index (χ3n) is 2.87. The number of ether oxygens (including phenoxy) is 1. The van der Waals surface area contributed by atoms with Crippen molar-refractivity contribution in [2.75, 3.05) is 13.7 Å². The van der Waals surface area contributed by atoms with Gasteiger partial charge in [0.05, 0.1) is 12.5 Å². The van der Waals surface area contributed by atoms with Gasteiger partial charge in [0.15, 0.2) is 0 Å². The maximum atomic E-state index is 11.4. The highest BCUT2D eigenvalue weighted by Gasteiger charge is 2.37. The number of hydrogen-bond donors (Lipinski definition) is 2. The number of carboxylic acids is 1. The highest BCUT2D eigenvalue weighted by atomic mass is 35.5. The molecule has 1 unspecified atom stereocenters. The minimum atomic E-state index is -1.09. The maximum Gasteiger partial charge on any atom is 0.314 e. The lowest BCUT2D eigenvalue weighted by Crippen LogP contribution is -2.35. The molecule has 0 aliphatic rings. The van der Waals surface area contributed by atoms with Crippen LogP contribution in [0.1, 0.15) is 18.9 Å². The van der Waals surface area contributed by atoms with Crippen LogP contribution < -0.4 is 10.5 Å². The smallest absolute Gasteiger partial charge is 0.314 e. The number of aliphatic carboxylic acids is 1. The molecule has 94 valence electrons. The van der Waals surface area contributed by atoms with Gasteiger partial charge in [0.1, 0.15) is 5.75 Å². The van der Waals surface area contributed by atoms with Crippen LogP contribution in [-0.4, -0.2) is 24.7 Å². The van der Waals surface area contributed by atoms with Crippen LogP contribution in [0, 0.1) is 0 Å². The highest BCUT2D eigenvalue weighted by Crippen LogP contribution is 2.36. The van der Waals surface area contributed by atoms with Gasteiger partial charge in [0.2, 0.25) is 0 Å². The van der Waals surface area contributed by atoms with Crippen LogP contribution in [0.4, 0.5) is 0 Å². The molecule has 0 bridgehead atoms. The Labute approximate surface area is 105 Å². The van der Waals surface area contributed by atoms with Gasteiger partial charge in [-0.25, -0.2) is 0 Å². The SMILES string of the molecule is COc1ccc(Cl)cc1C(C)(CCN)C(=O)O. The van der Waals surface area contributed by atoms with Crippen molar-refractivity contribution < 1.29 is 14.6 Å².